The van der Waals surface area contributed by atoms with Crippen LogP contribution in [0.5, 0.6) is 0 Å². The van der Waals surface area contributed by atoms with E-state index in [0.29, 0.717) is 0 Å². The second-order valence-electron chi connectivity index (χ2n) is 3.87. The van der Waals surface area contributed by atoms with Crippen LogP contribution in [0.15, 0.2) is 36.5 Å². The number of carbonyl (C=O) groups is 1. The summed E-state index contributed by atoms with van der Waals surface area (Å²) in [6.45, 7) is 1.88. The number of anilines is 2. The fourth-order valence-corrected chi connectivity index (χ4v) is 1.60. The number of pyridine rings is 1. The Balaban J connectivity index is 2.34. The molecule has 1 heterocycles. The lowest BCUT2D eigenvalue weighted by molar-refractivity contribution is 0.0527. The number of nitrogens with zero attached hydrogens (tertiary/aromatic N) is 1. The summed E-state index contributed by atoms with van der Waals surface area (Å²) in [5.41, 5.74) is 0.0484. The predicted octanol–water partition coefficient (Wildman–Crippen LogP) is 3.28. The van der Waals surface area contributed by atoms with Crippen LogP contribution in [-0.2, 0) is 4.74 Å². The summed E-state index contributed by atoms with van der Waals surface area (Å²) in [7, 11) is 0. The zero-order valence-corrected chi connectivity index (χ0v) is 10.7. The monoisotopic (exact) mass is 278 g/mol. The van der Waals surface area contributed by atoms with Gasteiger partial charge in [-0.3, -0.25) is 0 Å². The molecule has 0 saturated heterocycles. The first-order valence-electron chi connectivity index (χ1n) is 5.96. The second kappa shape index (κ2) is 6.10. The van der Waals surface area contributed by atoms with Gasteiger partial charge in [0.2, 0.25) is 0 Å². The number of hydrogen-bond donors (Lipinski definition) is 1. The van der Waals surface area contributed by atoms with Crippen molar-refractivity contribution < 1.29 is 18.3 Å². The van der Waals surface area contributed by atoms with E-state index in [9.17, 15) is 13.6 Å². The zero-order chi connectivity index (χ0) is 14.5. The van der Waals surface area contributed by atoms with Crippen molar-refractivity contribution in [2.75, 3.05) is 11.9 Å². The highest BCUT2D eigenvalue weighted by molar-refractivity contribution is 5.95. The van der Waals surface area contributed by atoms with E-state index in [-0.39, 0.29) is 23.7 Å². The minimum atomic E-state index is -0.646. The summed E-state index contributed by atoms with van der Waals surface area (Å²) >= 11 is 0. The van der Waals surface area contributed by atoms with Crippen molar-refractivity contribution in [2.45, 2.75) is 6.92 Å². The number of rotatable bonds is 4. The Bertz CT molecular complexity index is 632. The second-order valence-corrected chi connectivity index (χ2v) is 3.87. The molecule has 0 amide bonds. The third kappa shape index (κ3) is 3.09. The van der Waals surface area contributed by atoms with Crippen molar-refractivity contribution in [1.29, 1.82) is 0 Å². The molecule has 0 atom stereocenters. The van der Waals surface area contributed by atoms with Crippen LogP contribution in [0.4, 0.5) is 20.3 Å². The predicted molar refractivity (Wildman–Crippen MR) is 69.8 cm³/mol. The molecule has 0 fully saturated rings. The number of hydrogen-bond acceptors (Lipinski definition) is 4. The Morgan fingerprint density at radius 2 is 2.15 bits per heavy atom. The van der Waals surface area contributed by atoms with Gasteiger partial charge in [0.05, 0.1) is 12.3 Å². The van der Waals surface area contributed by atoms with Gasteiger partial charge in [-0.1, -0.05) is 0 Å². The van der Waals surface area contributed by atoms with Gasteiger partial charge in [-0.2, -0.15) is 0 Å². The van der Waals surface area contributed by atoms with Crippen LogP contribution < -0.4 is 5.32 Å². The van der Waals surface area contributed by atoms with Crippen molar-refractivity contribution in [1.82, 2.24) is 4.98 Å². The molecule has 1 aromatic heterocycles. The van der Waals surface area contributed by atoms with E-state index in [4.69, 9.17) is 4.74 Å². The summed E-state index contributed by atoms with van der Waals surface area (Å²) in [6.07, 6.45) is 1.43. The molecule has 0 radical (unpaired) electrons. The number of nitrogens with one attached hydrogen (secondary N) is 1. The van der Waals surface area contributed by atoms with Crippen LogP contribution in [-0.4, -0.2) is 17.6 Å². The fourth-order valence-electron chi connectivity index (χ4n) is 1.60. The summed E-state index contributed by atoms with van der Waals surface area (Å²) in [5.74, 6) is -1.72. The Hall–Kier alpha value is -2.50. The third-order valence-electron chi connectivity index (χ3n) is 2.48. The van der Waals surface area contributed by atoms with E-state index in [1.807, 2.05) is 0 Å². The van der Waals surface area contributed by atoms with E-state index < -0.39 is 17.6 Å². The van der Waals surface area contributed by atoms with Gasteiger partial charge < -0.3 is 10.1 Å². The topological polar surface area (TPSA) is 51.2 Å². The molecule has 2 rings (SSSR count). The molecule has 0 aliphatic carbocycles. The maximum absolute atomic E-state index is 13.6. The van der Waals surface area contributed by atoms with Crippen LogP contribution in [0.25, 0.3) is 0 Å². The van der Waals surface area contributed by atoms with Crippen LogP contribution in [0.1, 0.15) is 17.3 Å². The van der Waals surface area contributed by atoms with Crippen LogP contribution >= 0.6 is 0 Å². The molecule has 1 N–H and O–H groups in total. The summed E-state index contributed by atoms with van der Waals surface area (Å²) in [4.78, 5) is 15.7. The molecule has 104 valence electrons. The number of ether oxygens (including phenoxy) is 1. The highest BCUT2D eigenvalue weighted by Gasteiger charge is 2.14. The fraction of sp³-hybridized carbons (Fsp3) is 0.143. The lowest BCUT2D eigenvalue weighted by atomic mass is 10.2. The molecule has 0 unspecified atom stereocenters. The van der Waals surface area contributed by atoms with E-state index in [1.54, 1.807) is 13.0 Å². The number of halogens is 2. The highest BCUT2D eigenvalue weighted by Crippen LogP contribution is 2.22. The molecule has 20 heavy (non-hydrogen) atoms. The highest BCUT2D eigenvalue weighted by atomic mass is 19.1. The zero-order valence-electron chi connectivity index (χ0n) is 10.7. The van der Waals surface area contributed by atoms with Gasteiger partial charge in [-0.05, 0) is 31.2 Å². The Kier molecular flexibility index (Phi) is 4.24. The largest absolute Gasteiger partial charge is 0.462 e. The SMILES string of the molecule is CCOC(=O)c1cccnc1Nc1cc(F)ccc1F. The average Bonchev–Trinajstić information content (AvgIpc) is 2.44. The van der Waals surface area contributed by atoms with Crippen molar-refractivity contribution >= 4 is 17.5 Å². The van der Waals surface area contributed by atoms with E-state index >= 15 is 0 Å². The molecule has 1 aromatic carbocycles. The van der Waals surface area contributed by atoms with Gasteiger partial charge >= 0.3 is 5.97 Å². The third-order valence-corrected chi connectivity index (χ3v) is 2.48. The maximum Gasteiger partial charge on any atom is 0.341 e. The lowest BCUT2D eigenvalue weighted by Crippen LogP contribution is -2.09. The van der Waals surface area contributed by atoms with Gasteiger partial charge in [0.25, 0.3) is 0 Å². The van der Waals surface area contributed by atoms with E-state index in [1.165, 1.54) is 12.3 Å². The molecule has 0 bridgehead atoms. The standard InChI is InChI=1S/C14H12F2N2O2/c1-2-20-14(19)10-4-3-7-17-13(10)18-12-8-9(15)5-6-11(12)16/h3-8H,2H2,1H3,(H,17,18). The number of esters is 1. The molecular weight excluding hydrogens is 266 g/mol. The Morgan fingerprint density at radius 1 is 1.35 bits per heavy atom. The molecule has 0 saturated carbocycles. The number of benzene rings is 1. The molecule has 0 spiro atoms. The number of carbonyl (C=O) groups excluding carboxylic acids is 1. The normalized spacial score (nSPS) is 10.2. The molecule has 0 aliphatic rings. The van der Waals surface area contributed by atoms with Gasteiger partial charge in [-0.25, -0.2) is 18.6 Å². The first kappa shape index (κ1) is 13.9. The van der Waals surface area contributed by atoms with Crippen molar-refractivity contribution in [3.63, 3.8) is 0 Å². The van der Waals surface area contributed by atoms with Crippen molar-refractivity contribution in [3.05, 3.63) is 53.7 Å². The van der Waals surface area contributed by atoms with Gasteiger partial charge in [0, 0.05) is 12.3 Å². The Labute approximate surface area is 114 Å². The molecule has 2 aromatic rings. The van der Waals surface area contributed by atoms with E-state index in [0.717, 1.165) is 18.2 Å². The van der Waals surface area contributed by atoms with Crippen LogP contribution in [0.2, 0.25) is 0 Å². The minimum absolute atomic E-state index is 0.103. The van der Waals surface area contributed by atoms with E-state index in [2.05, 4.69) is 10.3 Å². The summed E-state index contributed by atoms with van der Waals surface area (Å²) in [6, 6.07) is 6.03. The van der Waals surface area contributed by atoms with Crippen LogP contribution in [0.3, 0.4) is 0 Å². The number of aromatic nitrogens is 1. The quantitative estimate of drug-likeness (QED) is 0.872. The first-order chi connectivity index (χ1) is 9.61. The van der Waals surface area contributed by atoms with Crippen molar-refractivity contribution in [3.8, 4) is 0 Å². The minimum Gasteiger partial charge on any atom is -0.462 e. The van der Waals surface area contributed by atoms with Crippen molar-refractivity contribution in [2.24, 2.45) is 0 Å². The molecule has 0 aliphatic heterocycles. The van der Waals surface area contributed by atoms with Gasteiger partial charge in [0.1, 0.15) is 23.0 Å². The average molecular weight is 278 g/mol. The summed E-state index contributed by atoms with van der Waals surface area (Å²) in [5, 5.41) is 2.59. The summed E-state index contributed by atoms with van der Waals surface area (Å²) < 4.78 is 31.5. The van der Waals surface area contributed by atoms with Gasteiger partial charge in [-0.15, -0.1) is 0 Å². The maximum atomic E-state index is 13.6. The lowest BCUT2D eigenvalue weighted by Gasteiger charge is -2.10. The first-order valence-corrected chi connectivity index (χ1v) is 5.96. The molecule has 6 heteroatoms. The Morgan fingerprint density at radius 3 is 2.90 bits per heavy atom. The van der Waals surface area contributed by atoms with Crippen LogP contribution in [0, 0.1) is 11.6 Å². The van der Waals surface area contributed by atoms with Gasteiger partial charge in [0.15, 0.2) is 0 Å². The smallest absolute Gasteiger partial charge is 0.341 e. The molecule has 4 nitrogen and oxygen atoms in total. The molecular formula is C14H12F2N2O2.